The first kappa shape index (κ1) is 34.1. The quantitative estimate of drug-likeness (QED) is 0.0788. The number of benzene rings is 4. The topological polar surface area (TPSA) is 139 Å². The van der Waals surface area contributed by atoms with E-state index < -0.39 is 30.2 Å². The van der Waals surface area contributed by atoms with Crippen molar-refractivity contribution in [3.63, 3.8) is 0 Å². The molecule has 4 aromatic rings. The van der Waals surface area contributed by atoms with Crippen molar-refractivity contribution < 1.29 is 27.7 Å². The van der Waals surface area contributed by atoms with Gasteiger partial charge in [-0.25, -0.2) is 8.42 Å². The summed E-state index contributed by atoms with van der Waals surface area (Å²) in [7, 11) is -1.77. The van der Waals surface area contributed by atoms with Gasteiger partial charge >= 0.3 is 0 Å². The number of sulfone groups is 1. The monoisotopic (exact) mass is 852 g/mol. The molecule has 0 saturated carbocycles. The van der Waals surface area contributed by atoms with Gasteiger partial charge in [-0.1, -0.05) is 48.6 Å². The molecule has 10 nitrogen and oxygen atoms in total. The molecule has 0 aliphatic heterocycles. The third kappa shape index (κ3) is 8.26. The molecule has 0 aliphatic rings. The van der Waals surface area contributed by atoms with Gasteiger partial charge in [-0.2, -0.15) is 0 Å². The van der Waals surface area contributed by atoms with Crippen LogP contribution in [0.5, 0.6) is 11.5 Å². The number of rotatable bonds is 12. The predicted molar refractivity (Wildman–Crippen MR) is 190 cm³/mol. The summed E-state index contributed by atoms with van der Waals surface area (Å²) in [6, 6.07) is 22.2. The Morgan fingerprint density at radius 2 is 1.00 bits per heavy atom. The Balaban J connectivity index is 2.01. The molecule has 13 heteroatoms. The Labute approximate surface area is 287 Å². The lowest BCUT2D eigenvalue weighted by Gasteiger charge is -2.24. The highest BCUT2D eigenvalue weighted by Gasteiger charge is 2.38. The maximum absolute atomic E-state index is 14.9. The molecule has 0 heterocycles. The van der Waals surface area contributed by atoms with Crippen LogP contribution in [0.25, 0.3) is 12.2 Å². The van der Waals surface area contributed by atoms with Gasteiger partial charge in [-0.05, 0) is 92.7 Å². The normalized spacial score (nSPS) is 13.1. The first-order valence-electron chi connectivity index (χ1n) is 13.2. The van der Waals surface area contributed by atoms with E-state index in [1.54, 1.807) is 12.2 Å². The molecular formula is C32H26I2N2O8S. The SMILES string of the molecule is COc1ccc([N+](=O)[O-])cc1C(C=Cc1ccc(I)cc1)S(=O)(=O)C(C=Cc1ccc(I)cc1)c1cc([N+](=O)[O-])ccc1OC. The zero-order chi connectivity index (χ0) is 32.7. The van der Waals surface area contributed by atoms with Crippen molar-refractivity contribution in [2.45, 2.75) is 10.5 Å². The summed E-state index contributed by atoms with van der Waals surface area (Å²) in [5, 5.41) is 20.6. The van der Waals surface area contributed by atoms with Crippen LogP contribution in [0.15, 0.2) is 97.1 Å². The molecule has 0 spiro atoms. The van der Waals surface area contributed by atoms with E-state index in [0.717, 1.165) is 7.14 Å². The molecule has 2 unspecified atom stereocenters. The molecule has 0 fully saturated rings. The van der Waals surface area contributed by atoms with Crippen LogP contribution in [0.2, 0.25) is 0 Å². The van der Waals surface area contributed by atoms with Crippen molar-refractivity contribution in [1.29, 1.82) is 0 Å². The number of halogens is 2. The lowest BCUT2D eigenvalue weighted by atomic mass is 10.1. The molecule has 232 valence electrons. The van der Waals surface area contributed by atoms with Gasteiger partial charge < -0.3 is 9.47 Å². The van der Waals surface area contributed by atoms with Crippen LogP contribution in [0, 0.1) is 27.4 Å². The van der Waals surface area contributed by atoms with Crippen molar-refractivity contribution in [2.75, 3.05) is 14.2 Å². The zero-order valence-electron chi connectivity index (χ0n) is 23.9. The van der Waals surface area contributed by atoms with Crippen molar-refractivity contribution in [1.82, 2.24) is 0 Å². The number of hydrogen-bond acceptors (Lipinski definition) is 8. The lowest BCUT2D eigenvalue weighted by molar-refractivity contribution is -0.385. The fraction of sp³-hybridized carbons (Fsp3) is 0.125. The average molecular weight is 852 g/mol. The molecule has 0 radical (unpaired) electrons. The highest BCUT2D eigenvalue weighted by atomic mass is 127. The summed E-state index contributed by atoms with van der Waals surface area (Å²) in [6.07, 6.45) is 6.10. The molecule has 4 rings (SSSR count). The number of non-ortho nitro benzene ring substituents is 2. The molecule has 2 atom stereocenters. The van der Waals surface area contributed by atoms with Gasteiger partial charge in [0.05, 0.1) is 24.1 Å². The van der Waals surface area contributed by atoms with Crippen LogP contribution < -0.4 is 9.47 Å². The fourth-order valence-corrected chi connectivity index (χ4v) is 7.30. The predicted octanol–water partition coefficient (Wildman–Crippen LogP) is 8.35. The number of nitro benzene ring substituents is 2. The molecule has 0 amide bonds. The third-order valence-electron chi connectivity index (χ3n) is 6.84. The molecule has 0 aromatic heterocycles. The van der Waals surface area contributed by atoms with Crippen molar-refractivity contribution in [3.05, 3.63) is 147 Å². The Morgan fingerprint density at radius 3 is 1.31 bits per heavy atom. The van der Waals surface area contributed by atoms with Gasteiger partial charge in [-0.15, -0.1) is 0 Å². The van der Waals surface area contributed by atoms with E-state index in [2.05, 4.69) is 45.2 Å². The number of hydrogen-bond donors (Lipinski definition) is 0. The van der Waals surface area contributed by atoms with Gasteiger partial charge in [0, 0.05) is 42.5 Å². The smallest absolute Gasteiger partial charge is 0.270 e. The van der Waals surface area contributed by atoms with E-state index in [1.807, 2.05) is 48.5 Å². The summed E-state index contributed by atoms with van der Waals surface area (Å²) in [5.74, 6) is 0.237. The molecule has 0 aliphatic carbocycles. The Morgan fingerprint density at radius 1 is 0.644 bits per heavy atom. The lowest BCUT2D eigenvalue weighted by Crippen LogP contribution is -2.20. The van der Waals surface area contributed by atoms with E-state index in [1.165, 1.54) is 62.8 Å². The first-order valence-corrected chi connectivity index (χ1v) is 17.0. The second-order valence-electron chi connectivity index (χ2n) is 9.62. The molecule has 4 aromatic carbocycles. The first-order chi connectivity index (χ1) is 21.4. The molecule has 0 saturated heterocycles. The average Bonchev–Trinajstić information content (AvgIpc) is 3.02. The van der Waals surface area contributed by atoms with Crippen LogP contribution in [-0.4, -0.2) is 32.5 Å². The maximum atomic E-state index is 14.9. The second-order valence-corrected chi connectivity index (χ2v) is 14.3. The summed E-state index contributed by atoms with van der Waals surface area (Å²) in [5.41, 5.74) is 0.800. The summed E-state index contributed by atoms with van der Waals surface area (Å²) in [4.78, 5) is 22.3. The van der Waals surface area contributed by atoms with E-state index in [4.69, 9.17) is 9.47 Å². The second kappa shape index (κ2) is 15.0. The van der Waals surface area contributed by atoms with E-state index in [0.29, 0.717) is 11.1 Å². The number of ether oxygens (including phenoxy) is 2. The van der Waals surface area contributed by atoms with Crippen LogP contribution >= 0.6 is 45.2 Å². The minimum atomic E-state index is -4.46. The van der Waals surface area contributed by atoms with Crippen LogP contribution in [-0.2, 0) is 9.84 Å². The standard InChI is InChI=1S/C32H26I2N2O8S/c1-43-29-15-13-25(35(37)38)19-27(29)31(17-7-21-3-9-23(33)10-4-21)45(41,42)32(18-8-22-5-11-24(34)12-6-22)28-20-26(36(39)40)14-16-30(28)44-2/h3-20,31-32H,1-2H3. The molecule has 0 N–H and O–H groups in total. The van der Waals surface area contributed by atoms with Crippen LogP contribution in [0.4, 0.5) is 11.4 Å². The van der Waals surface area contributed by atoms with Crippen LogP contribution in [0.3, 0.4) is 0 Å². The Hall–Kier alpha value is -3.83. The van der Waals surface area contributed by atoms with Gasteiger partial charge in [0.25, 0.3) is 11.4 Å². The van der Waals surface area contributed by atoms with Crippen molar-refractivity contribution >= 4 is 78.5 Å². The molecule has 0 bridgehead atoms. The van der Waals surface area contributed by atoms with Crippen molar-refractivity contribution in [2.24, 2.45) is 0 Å². The van der Waals surface area contributed by atoms with E-state index in [9.17, 15) is 28.6 Å². The van der Waals surface area contributed by atoms with Gasteiger partial charge in [-0.3, -0.25) is 20.2 Å². The minimum absolute atomic E-state index is 0.0329. The van der Waals surface area contributed by atoms with E-state index in [-0.39, 0.29) is 34.0 Å². The highest BCUT2D eigenvalue weighted by Crippen LogP contribution is 2.44. The summed E-state index contributed by atoms with van der Waals surface area (Å²) in [6.45, 7) is 0. The highest BCUT2D eigenvalue weighted by molar-refractivity contribution is 14.1. The minimum Gasteiger partial charge on any atom is -0.496 e. The van der Waals surface area contributed by atoms with Gasteiger partial charge in [0.1, 0.15) is 22.0 Å². The maximum Gasteiger partial charge on any atom is 0.270 e. The van der Waals surface area contributed by atoms with Crippen LogP contribution in [0.1, 0.15) is 32.8 Å². The number of methoxy groups -OCH3 is 2. The van der Waals surface area contributed by atoms with Gasteiger partial charge in [0.15, 0.2) is 9.84 Å². The largest absolute Gasteiger partial charge is 0.496 e. The Kier molecular flexibility index (Phi) is 11.3. The van der Waals surface area contributed by atoms with Crippen molar-refractivity contribution in [3.8, 4) is 11.5 Å². The third-order valence-corrected chi connectivity index (χ3v) is 10.5. The Bertz CT molecular complexity index is 1750. The zero-order valence-corrected chi connectivity index (χ0v) is 29.0. The molecule has 45 heavy (non-hydrogen) atoms. The van der Waals surface area contributed by atoms with Gasteiger partial charge in [0.2, 0.25) is 0 Å². The summed E-state index contributed by atoms with van der Waals surface area (Å²) < 4.78 is 42.8. The van der Waals surface area contributed by atoms with E-state index >= 15 is 0 Å². The number of nitro groups is 2. The number of nitrogens with zero attached hydrogens (tertiary/aromatic N) is 2. The fourth-order valence-electron chi connectivity index (χ4n) is 4.60. The summed E-state index contributed by atoms with van der Waals surface area (Å²) >= 11 is 4.31. The molecular weight excluding hydrogens is 826 g/mol.